The molecule has 0 unspecified atom stereocenters. The SMILES string of the molecule is O[C@@H]([C@@H](NCc1ccccc1)c1ccccc1)C(F)(F)F. The van der Waals surface area contributed by atoms with Gasteiger partial charge in [-0.1, -0.05) is 60.7 Å². The standard InChI is InChI=1S/C16H16F3NO/c17-16(18,19)15(21)14(13-9-5-2-6-10-13)20-11-12-7-3-1-4-8-12/h1-10,14-15,20-21H,11H2/t14-,15-/m0/s1. The van der Waals surface area contributed by atoms with Gasteiger partial charge < -0.3 is 10.4 Å². The summed E-state index contributed by atoms with van der Waals surface area (Å²) >= 11 is 0. The fourth-order valence-electron chi connectivity index (χ4n) is 2.08. The van der Waals surface area contributed by atoms with E-state index in [1.54, 1.807) is 30.3 Å². The second-order valence-electron chi connectivity index (χ2n) is 4.74. The first-order chi connectivity index (χ1) is 9.98. The maximum atomic E-state index is 12.8. The Balaban J connectivity index is 2.17. The number of halogens is 3. The van der Waals surface area contributed by atoms with Gasteiger partial charge in [0.25, 0.3) is 0 Å². The number of nitrogens with one attached hydrogen (secondary N) is 1. The number of alkyl halides is 3. The molecule has 112 valence electrons. The van der Waals surface area contributed by atoms with E-state index in [1.807, 2.05) is 30.3 Å². The van der Waals surface area contributed by atoms with Crippen LogP contribution in [0.25, 0.3) is 0 Å². The van der Waals surface area contributed by atoms with Crippen LogP contribution in [0.2, 0.25) is 0 Å². The highest BCUT2D eigenvalue weighted by Crippen LogP contribution is 2.30. The van der Waals surface area contributed by atoms with E-state index in [0.29, 0.717) is 5.56 Å². The van der Waals surface area contributed by atoms with Crippen molar-refractivity contribution in [3.05, 3.63) is 71.8 Å². The average molecular weight is 295 g/mol. The summed E-state index contributed by atoms with van der Waals surface area (Å²) in [5.74, 6) is 0. The molecular formula is C16H16F3NO. The van der Waals surface area contributed by atoms with Gasteiger partial charge in [0.05, 0.1) is 6.04 Å². The molecule has 2 N–H and O–H groups in total. The van der Waals surface area contributed by atoms with Crippen molar-refractivity contribution in [2.75, 3.05) is 0 Å². The van der Waals surface area contributed by atoms with Crippen LogP contribution in [-0.4, -0.2) is 17.4 Å². The van der Waals surface area contributed by atoms with E-state index in [2.05, 4.69) is 5.32 Å². The highest BCUT2D eigenvalue weighted by Gasteiger charge is 2.43. The van der Waals surface area contributed by atoms with Crippen LogP contribution in [0.5, 0.6) is 0 Å². The lowest BCUT2D eigenvalue weighted by atomic mass is 10.0. The van der Waals surface area contributed by atoms with Gasteiger partial charge in [0.2, 0.25) is 0 Å². The van der Waals surface area contributed by atoms with E-state index in [0.717, 1.165) is 5.56 Å². The lowest BCUT2D eigenvalue weighted by Gasteiger charge is -2.26. The number of benzene rings is 2. The maximum absolute atomic E-state index is 12.8. The molecular weight excluding hydrogens is 279 g/mol. The van der Waals surface area contributed by atoms with Gasteiger partial charge in [0, 0.05) is 6.54 Å². The quantitative estimate of drug-likeness (QED) is 0.885. The van der Waals surface area contributed by atoms with Crippen LogP contribution < -0.4 is 5.32 Å². The molecule has 0 saturated carbocycles. The monoisotopic (exact) mass is 295 g/mol. The smallest absolute Gasteiger partial charge is 0.382 e. The largest absolute Gasteiger partial charge is 0.416 e. The third kappa shape index (κ3) is 4.31. The predicted octanol–water partition coefficient (Wildman–Crippen LogP) is 3.44. The van der Waals surface area contributed by atoms with Crippen LogP contribution in [0, 0.1) is 0 Å². The molecule has 0 aliphatic rings. The Bertz CT molecular complexity index is 542. The molecule has 2 atom stereocenters. The number of rotatable bonds is 5. The van der Waals surface area contributed by atoms with Crippen molar-refractivity contribution in [1.82, 2.24) is 5.32 Å². The van der Waals surface area contributed by atoms with Crippen LogP contribution in [-0.2, 0) is 6.54 Å². The molecule has 2 aromatic rings. The van der Waals surface area contributed by atoms with Crippen molar-refractivity contribution >= 4 is 0 Å². The first kappa shape index (κ1) is 15.5. The Hall–Kier alpha value is -1.85. The zero-order valence-electron chi connectivity index (χ0n) is 11.2. The minimum atomic E-state index is -4.68. The number of hydrogen-bond donors (Lipinski definition) is 2. The van der Waals surface area contributed by atoms with Crippen molar-refractivity contribution in [3.63, 3.8) is 0 Å². The van der Waals surface area contributed by atoms with E-state index in [1.165, 1.54) is 0 Å². The van der Waals surface area contributed by atoms with Gasteiger partial charge in [-0.05, 0) is 11.1 Å². The van der Waals surface area contributed by atoms with Gasteiger partial charge in [0.15, 0.2) is 6.10 Å². The number of aliphatic hydroxyl groups is 1. The van der Waals surface area contributed by atoms with Gasteiger partial charge in [-0.2, -0.15) is 13.2 Å². The molecule has 21 heavy (non-hydrogen) atoms. The van der Waals surface area contributed by atoms with Gasteiger partial charge in [-0.15, -0.1) is 0 Å². The van der Waals surface area contributed by atoms with Crippen LogP contribution >= 0.6 is 0 Å². The predicted molar refractivity (Wildman–Crippen MR) is 74.5 cm³/mol. The van der Waals surface area contributed by atoms with Gasteiger partial charge in [-0.3, -0.25) is 0 Å². The fourth-order valence-corrected chi connectivity index (χ4v) is 2.08. The Morgan fingerprint density at radius 2 is 1.43 bits per heavy atom. The topological polar surface area (TPSA) is 32.3 Å². The summed E-state index contributed by atoms with van der Waals surface area (Å²) in [6.07, 6.45) is -7.13. The normalized spacial score (nSPS) is 14.7. The molecule has 0 heterocycles. The Morgan fingerprint density at radius 3 is 1.95 bits per heavy atom. The average Bonchev–Trinajstić information content (AvgIpc) is 2.48. The molecule has 2 aromatic carbocycles. The number of hydrogen-bond acceptors (Lipinski definition) is 2. The molecule has 0 aliphatic carbocycles. The molecule has 5 heteroatoms. The molecule has 0 spiro atoms. The summed E-state index contributed by atoms with van der Waals surface area (Å²) in [6, 6.07) is 16.0. The zero-order chi connectivity index (χ0) is 15.3. The van der Waals surface area contributed by atoms with Gasteiger partial charge >= 0.3 is 6.18 Å². The van der Waals surface area contributed by atoms with Gasteiger partial charge in [-0.25, -0.2) is 0 Å². The van der Waals surface area contributed by atoms with Crippen LogP contribution in [0.1, 0.15) is 17.2 Å². The lowest BCUT2D eigenvalue weighted by Crippen LogP contribution is -2.41. The molecule has 0 radical (unpaired) electrons. The minimum absolute atomic E-state index is 0.244. The summed E-state index contributed by atoms with van der Waals surface area (Å²) in [5, 5.41) is 12.4. The molecule has 2 nitrogen and oxygen atoms in total. The summed E-state index contributed by atoms with van der Waals surface area (Å²) < 4.78 is 38.5. The highest BCUT2D eigenvalue weighted by molar-refractivity contribution is 5.21. The lowest BCUT2D eigenvalue weighted by molar-refractivity contribution is -0.213. The van der Waals surface area contributed by atoms with E-state index in [-0.39, 0.29) is 6.54 Å². The van der Waals surface area contributed by atoms with E-state index < -0.39 is 18.3 Å². The second-order valence-corrected chi connectivity index (χ2v) is 4.74. The van der Waals surface area contributed by atoms with Crippen LogP contribution in [0.3, 0.4) is 0 Å². The molecule has 0 aromatic heterocycles. The van der Waals surface area contributed by atoms with Crippen LogP contribution in [0.4, 0.5) is 13.2 Å². The van der Waals surface area contributed by atoms with E-state index in [4.69, 9.17) is 0 Å². The summed E-state index contributed by atoms with van der Waals surface area (Å²) in [6.45, 7) is 0.244. The van der Waals surface area contributed by atoms with Crippen molar-refractivity contribution < 1.29 is 18.3 Å². The summed E-state index contributed by atoms with van der Waals surface area (Å²) in [4.78, 5) is 0. The molecule has 0 fully saturated rings. The second kappa shape index (κ2) is 6.74. The maximum Gasteiger partial charge on any atom is 0.416 e. The fraction of sp³-hybridized carbons (Fsp3) is 0.250. The molecule has 0 bridgehead atoms. The number of aliphatic hydroxyl groups excluding tert-OH is 1. The molecule has 0 aliphatic heterocycles. The van der Waals surface area contributed by atoms with Crippen molar-refractivity contribution in [2.24, 2.45) is 0 Å². The summed E-state index contributed by atoms with van der Waals surface area (Å²) in [7, 11) is 0. The molecule has 0 saturated heterocycles. The third-order valence-corrected chi connectivity index (χ3v) is 3.18. The molecule has 2 rings (SSSR count). The Kier molecular flexibility index (Phi) is 4.98. The minimum Gasteiger partial charge on any atom is -0.382 e. The van der Waals surface area contributed by atoms with Crippen molar-refractivity contribution in [2.45, 2.75) is 24.9 Å². The zero-order valence-corrected chi connectivity index (χ0v) is 11.2. The Morgan fingerprint density at radius 1 is 0.905 bits per heavy atom. The third-order valence-electron chi connectivity index (χ3n) is 3.18. The molecule has 0 amide bonds. The first-order valence-electron chi connectivity index (χ1n) is 6.55. The van der Waals surface area contributed by atoms with Crippen LogP contribution in [0.15, 0.2) is 60.7 Å². The van der Waals surface area contributed by atoms with E-state index >= 15 is 0 Å². The first-order valence-corrected chi connectivity index (χ1v) is 6.55. The highest BCUT2D eigenvalue weighted by atomic mass is 19.4. The van der Waals surface area contributed by atoms with Crippen molar-refractivity contribution in [3.8, 4) is 0 Å². The van der Waals surface area contributed by atoms with E-state index in [9.17, 15) is 18.3 Å². The van der Waals surface area contributed by atoms with Crippen molar-refractivity contribution in [1.29, 1.82) is 0 Å². The Labute approximate surface area is 121 Å². The van der Waals surface area contributed by atoms with Gasteiger partial charge in [0.1, 0.15) is 0 Å². The summed E-state index contributed by atoms with van der Waals surface area (Å²) in [5.41, 5.74) is 1.26.